The van der Waals surface area contributed by atoms with E-state index in [2.05, 4.69) is 15.2 Å². The molecule has 2 saturated heterocycles. The van der Waals surface area contributed by atoms with Gasteiger partial charge in [0.2, 0.25) is 0 Å². The molecule has 1 aromatic heterocycles. The molecule has 2 aromatic rings. The summed E-state index contributed by atoms with van der Waals surface area (Å²) in [7, 11) is 0. The van der Waals surface area contributed by atoms with Crippen molar-refractivity contribution in [1.29, 1.82) is 0 Å². The summed E-state index contributed by atoms with van der Waals surface area (Å²) in [6.45, 7) is 4.33. The second-order valence-corrected chi connectivity index (χ2v) is 8.98. The van der Waals surface area contributed by atoms with E-state index in [1.54, 1.807) is 4.90 Å². The number of nitrogens with two attached hydrogens (primary N) is 1. The molecule has 33 heavy (non-hydrogen) atoms. The van der Waals surface area contributed by atoms with Crippen molar-refractivity contribution < 1.29 is 23.9 Å². The Morgan fingerprint density at radius 3 is 2.58 bits per heavy atom. The highest BCUT2D eigenvalue weighted by Gasteiger charge is 2.33. The summed E-state index contributed by atoms with van der Waals surface area (Å²) in [5.74, 6) is -0.442. The lowest BCUT2D eigenvalue weighted by Crippen LogP contribution is -2.37. The average molecular weight is 474 g/mol. The summed E-state index contributed by atoms with van der Waals surface area (Å²) in [6, 6.07) is 7.71. The largest absolute Gasteiger partial charge is 0.466 e. The molecule has 10 nitrogen and oxygen atoms in total. The maximum Gasteiger partial charge on any atom is 0.414 e. The maximum absolute atomic E-state index is 12.4. The Bertz CT molecular complexity index is 1000. The minimum absolute atomic E-state index is 0.0364. The van der Waals surface area contributed by atoms with E-state index >= 15 is 0 Å². The number of benzene rings is 1. The molecule has 176 valence electrons. The van der Waals surface area contributed by atoms with E-state index in [0.717, 1.165) is 48.6 Å². The SMILES string of the molecule is CCOC(=O)C1CCN(c2ccc(N3C[C@H](CNC(=O)c4cnc(N)s4)OC3=O)cc2)CC1. The highest BCUT2D eigenvalue weighted by Crippen LogP contribution is 2.28. The van der Waals surface area contributed by atoms with E-state index in [0.29, 0.717) is 23.2 Å². The van der Waals surface area contributed by atoms with Gasteiger partial charge in [-0.1, -0.05) is 11.3 Å². The van der Waals surface area contributed by atoms with Crippen LogP contribution in [0.2, 0.25) is 0 Å². The van der Waals surface area contributed by atoms with Gasteiger partial charge in [-0.3, -0.25) is 14.5 Å². The van der Waals surface area contributed by atoms with Gasteiger partial charge in [0.25, 0.3) is 5.91 Å². The predicted octanol–water partition coefficient (Wildman–Crippen LogP) is 2.26. The highest BCUT2D eigenvalue weighted by molar-refractivity contribution is 7.17. The van der Waals surface area contributed by atoms with Gasteiger partial charge < -0.3 is 25.4 Å². The number of ether oxygens (including phenoxy) is 2. The Balaban J connectivity index is 1.28. The smallest absolute Gasteiger partial charge is 0.414 e. The van der Waals surface area contributed by atoms with Crippen LogP contribution in [0.25, 0.3) is 0 Å². The molecule has 11 heteroatoms. The summed E-state index contributed by atoms with van der Waals surface area (Å²) in [4.78, 5) is 44.5. The maximum atomic E-state index is 12.4. The second-order valence-electron chi connectivity index (χ2n) is 7.92. The monoisotopic (exact) mass is 473 g/mol. The Morgan fingerprint density at radius 2 is 1.94 bits per heavy atom. The van der Waals surface area contributed by atoms with Crippen molar-refractivity contribution in [2.24, 2.45) is 5.92 Å². The number of nitrogen functional groups attached to an aromatic ring is 1. The van der Waals surface area contributed by atoms with Crippen LogP contribution in [0.15, 0.2) is 30.5 Å². The van der Waals surface area contributed by atoms with Gasteiger partial charge in [-0.2, -0.15) is 0 Å². The number of nitrogens with one attached hydrogen (secondary N) is 1. The number of cyclic esters (lactones) is 1. The van der Waals surface area contributed by atoms with E-state index < -0.39 is 12.2 Å². The molecule has 2 fully saturated rings. The van der Waals surface area contributed by atoms with Gasteiger partial charge in [-0.05, 0) is 44.0 Å². The van der Waals surface area contributed by atoms with E-state index in [4.69, 9.17) is 15.2 Å². The predicted molar refractivity (Wildman–Crippen MR) is 124 cm³/mol. The lowest BCUT2D eigenvalue weighted by molar-refractivity contribution is -0.148. The summed E-state index contributed by atoms with van der Waals surface area (Å²) < 4.78 is 10.5. The summed E-state index contributed by atoms with van der Waals surface area (Å²) >= 11 is 1.10. The molecule has 3 N–H and O–H groups in total. The zero-order valence-corrected chi connectivity index (χ0v) is 19.2. The van der Waals surface area contributed by atoms with Crippen molar-refractivity contribution in [2.75, 3.05) is 48.3 Å². The molecule has 0 saturated carbocycles. The number of thiazole rings is 1. The van der Waals surface area contributed by atoms with Crippen LogP contribution in [0.4, 0.5) is 21.3 Å². The van der Waals surface area contributed by atoms with Gasteiger partial charge in [0.05, 0.1) is 31.8 Å². The van der Waals surface area contributed by atoms with Crippen molar-refractivity contribution in [2.45, 2.75) is 25.9 Å². The Hall–Kier alpha value is -3.34. The molecule has 2 aliphatic rings. The quantitative estimate of drug-likeness (QED) is 0.586. The van der Waals surface area contributed by atoms with Gasteiger partial charge in [0, 0.05) is 24.5 Å². The average Bonchev–Trinajstić information content (AvgIpc) is 3.43. The minimum atomic E-state index is -0.451. The molecule has 1 atom stereocenters. The van der Waals surface area contributed by atoms with Crippen molar-refractivity contribution in [3.63, 3.8) is 0 Å². The van der Waals surface area contributed by atoms with Crippen LogP contribution in [0.1, 0.15) is 29.4 Å². The molecule has 2 aliphatic heterocycles. The molecule has 4 rings (SSSR count). The van der Waals surface area contributed by atoms with Gasteiger partial charge >= 0.3 is 12.1 Å². The van der Waals surface area contributed by atoms with Crippen molar-refractivity contribution in [3.05, 3.63) is 35.3 Å². The fourth-order valence-electron chi connectivity index (χ4n) is 4.00. The third kappa shape index (κ3) is 5.36. The van der Waals surface area contributed by atoms with Gasteiger partial charge in [-0.15, -0.1) is 0 Å². The van der Waals surface area contributed by atoms with E-state index in [1.165, 1.54) is 6.20 Å². The number of anilines is 3. The fraction of sp³-hybridized carbons (Fsp3) is 0.455. The van der Waals surface area contributed by atoms with Gasteiger partial charge in [0.1, 0.15) is 11.0 Å². The van der Waals surface area contributed by atoms with Crippen LogP contribution in [-0.4, -0.2) is 61.8 Å². The van der Waals surface area contributed by atoms with Crippen LogP contribution >= 0.6 is 11.3 Å². The van der Waals surface area contributed by atoms with Crippen molar-refractivity contribution in [1.82, 2.24) is 10.3 Å². The Labute approximate surface area is 195 Å². The first-order valence-electron chi connectivity index (χ1n) is 10.9. The number of hydrogen-bond donors (Lipinski definition) is 2. The fourth-order valence-corrected chi connectivity index (χ4v) is 4.60. The molecule has 0 unspecified atom stereocenters. The third-order valence-corrected chi connectivity index (χ3v) is 6.58. The number of aromatic nitrogens is 1. The number of hydrogen-bond acceptors (Lipinski definition) is 9. The standard InChI is InChI=1S/C22H27N5O5S/c1-2-31-20(29)14-7-9-26(10-8-14)15-3-5-16(6-4-15)27-13-17(32-22(27)30)11-24-19(28)18-12-25-21(23)33-18/h3-6,12,14,17H,2,7-11,13H2,1H3,(H2,23,25)(H,24,28)/t17-/m0/s1. The minimum Gasteiger partial charge on any atom is -0.466 e. The van der Waals surface area contributed by atoms with E-state index in [1.807, 2.05) is 31.2 Å². The molecular formula is C22H27N5O5S. The van der Waals surface area contributed by atoms with E-state index in [9.17, 15) is 14.4 Å². The van der Waals surface area contributed by atoms with Crippen LogP contribution < -0.4 is 20.9 Å². The van der Waals surface area contributed by atoms with Crippen molar-refractivity contribution >= 4 is 45.8 Å². The van der Waals surface area contributed by atoms with E-state index in [-0.39, 0.29) is 24.3 Å². The first kappa shape index (κ1) is 22.8. The summed E-state index contributed by atoms with van der Waals surface area (Å²) in [5, 5.41) is 3.08. The van der Waals surface area contributed by atoms with Gasteiger partial charge in [0.15, 0.2) is 5.13 Å². The number of amides is 2. The molecule has 3 heterocycles. The lowest BCUT2D eigenvalue weighted by atomic mass is 9.96. The normalized spacial score (nSPS) is 18.8. The first-order valence-corrected chi connectivity index (χ1v) is 11.8. The Kier molecular flexibility index (Phi) is 6.97. The van der Waals surface area contributed by atoms with Gasteiger partial charge in [-0.25, -0.2) is 9.78 Å². The molecule has 2 amide bonds. The number of esters is 1. The van der Waals surface area contributed by atoms with Crippen LogP contribution in [0, 0.1) is 5.92 Å². The number of rotatable bonds is 7. The summed E-state index contributed by atoms with van der Waals surface area (Å²) in [5.41, 5.74) is 7.33. The molecule has 0 spiro atoms. The highest BCUT2D eigenvalue weighted by atomic mass is 32.1. The molecule has 0 radical (unpaired) electrons. The third-order valence-electron chi connectivity index (χ3n) is 5.75. The topological polar surface area (TPSA) is 127 Å². The number of carbonyl (C=O) groups excluding carboxylic acids is 3. The van der Waals surface area contributed by atoms with Crippen LogP contribution in [0.3, 0.4) is 0 Å². The molecular weight excluding hydrogens is 446 g/mol. The lowest BCUT2D eigenvalue weighted by Gasteiger charge is -2.32. The number of carbonyl (C=O) groups is 3. The molecule has 1 aromatic carbocycles. The molecule has 0 bridgehead atoms. The zero-order chi connectivity index (χ0) is 23.4. The number of piperidine rings is 1. The number of nitrogens with zero attached hydrogens (tertiary/aromatic N) is 3. The van der Waals surface area contributed by atoms with Crippen LogP contribution in [0.5, 0.6) is 0 Å². The van der Waals surface area contributed by atoms with Crippen LogP contribution in [-0.2, 0) is 14.3 Å². The second kappa shape index (κ2) is 10.1. The Morgan fingerprint density at radius 1 is 1.24 bits per heavy atom. The summed E-state index contributed by atoms with van der Waals surface area (Å²) in [6.07, 6.45) is 2.05. The van der Waals surface area contributed by atoms with Crippen molar-refractivity contribution in [3.8, 4) is 0 Å². The molecule has 0 aliphatic carbocycles. The first-order chi connectivity index (χ1) is 15.9. The zero-order valence-electron chi connectivity index (χ0n) is 18.4.